The SMILES string of the molecule is C=CCc1c(N)ccc2c(=O)cc(C(=O)OCC)oc12.C=CCc1c(NC(C)=O)ccc(C(C)=O)c1O. The van der Waals surface area contributed by atoms with Crippen molar-refractivity contribution in [1.82, 2.24) is 0 Å². The van der Waals surface area contributed by atoms with Gasteiger partial charge in [0.1, 0.15) is 11.3 Å². The molecule has 0 fully saturated rings. The number of hydrogen-bond donors (Lipinski definition) is 3. The Kier molecular flexibility index (Phi) is 9.94. The van der Waals surface area contributed by atoms with E-state index in [2.05, 4.69) is 18.5 Å². The largest absolute Gasteiger partial charge is 0.507 e. The summed E-state index contributed by atoms with van der Waals surface area (Å²) >= 11 is 0. The number of amides is 1. The predicted octanol–water partition coefficient (Wildman–Crippen LogP) is 4.56. The molecule has 0 aliphatic heterocycles. The number of esters is 1. The van der Waals surface area contributed by atoms with Crippen LogP contribution in [0.3, 0.4) is 0 Å². The van der Waals surface area contributed by atoms with Crippen molar-refractivity contribution in [2.24, 2.45) is 0 Å². The maximum atomic E-state index is 12.0. The van der Waals surface area contributed by atoms with Crippen molar-refractivity contribution < 1.29 is 28.6 Å². The number of Topliss-reactive ketones (excluding diaryl/α,β-unsaturated/α-hetero) is 1. The van der Waals surface area contributed by atoms with E-state index < -0.39 is 5.97 Å². The highest BCUT2D eigenvalue weighted by atomic mass is 16.5. The second kappa shape index (κ2) is 12.9. The number of aromatic hydroxyl groups is 1. The van der Waals surface area contributed by atoms with Crippen LogP contribution in [0.15, 0.2) is 64.9 Å². The number of phenols is 1. The van der Waals surface area contributed by atoms with Crippen molar-refractivity contribution in [2.45, 2.75) is 33.6 Å². The molecule has 194 valence electrons. The summed E-state index contributed by atoms with van der Waals surface area (Å²) < 4.78 is 10.4. The monoisotopic (exact) mass is 506 g/mol. The number of nitrogens with one attached hydrogen (secondary N) is 1. The summed E-state index contributed by atoms with van der Waals surface area (Å²) in [5.41, 5.74) is 8.26. The Morgan fingerprint density at radius 3 is 2.30 bits per heavy atom. The molecule has 3 aromatic rings. The molecule has 0 radical (unpaired) electrons. The Morgan fingerprint density at radius 2 is 1.73 bits per heavy atom. The Morgan fingerprint density at radius 1 is 1.08 bits per heavy atom. The zero-order chi connectivity index (χ0) is 27.7. The van der Waals surface area contributed by atoms with Crippen LogP contribution in [0.5, 0.6) is 5.75 Å². The van der Waals surface area contributed by atoms with Gasteiger partial charge in [-0.25, -0.2) is 4.79 Å². The van der Waals surface area contributed by atoms with E-state index in [9.17, 15) is 24.3 Å². The molecule has 0 bridgehead atoms. The van der Waals surface area contributed by atoms with Gasteiger partial charge in [-0.05, 0) is 51.0 Å². The minimum atomic E-state index is -0.668. The van der Waals surface area contributed by atoms with Gasteiger partial charge in [-0.2, -0.15) is 0 Å². The van der Waals surface area contributed by atoms with Gasteiger partial charge in [0.05, 0.1) is 17.6 Å². The van der Waals surface area contributed by atoms with Crippen LogP contribution < -0.4 is 16.5 Å². The number of anilines is 2. The lowest BCUT2D eigenvalue weighted by Gasteiger charge is -2.12. The average molecular weight is 507 g/mol. The lowest BCUT2D eigenvalue weighted by atomic mass is 10.0. The van der Waals surface area contributed by atoms with Crippen LogP contribution in [-0.4, -0.2) is 29.4 Å². The summed E-state index contributed by atoms with van der Waals surface area (Å²) in [6.45, 7) is 11.9. The van der Waals surface area contributed by atoms with Crippen LogP contribution in [0.25, 0.3) is 11.0 Å². The molecule has 0 saturated heterocycles. The van der Waals surface area contributed by atoms with Gasteiger partial charge in [-0.3, -0.25) is 14.4 Å². The molecule has 1 heterocycles. The van der Waals surface area contributed by atoms with Crippen LogP contribution in [0.4, 0.5) is 11.4 Å². The number of hydrogen-bond acceptors (Lipinski definition) is 8. The highest BCUT2D eigenvalue weighted by molar-refractivity contribution is 5.99. The number of rotatable bonds is 8. The molecule has 0 saturated carbocycles. The van der Waals surface area contributed by atoms with E-state index >= 15 is 0 Å². The first kappa shape index (κ1) is 28.6. The Labute approximate surface area is 214 Å². The van der Waals surface area contributed by atoms with Crippen LogP contribution in [0.1, 0.15) is 52.8 Å². The number of phenolic OH excluding ortho intramolecular Hbond substituents is 1. The number of allylic oxidation sites excluding steroid dienone is 2. The number of benzene rings is 2. The molecule has 37 heavy (non-hydrogen) atoms. The lowest BCUT2D eigenvalue weighted by Crippen LogP contribution is -2.11. The van der Waals surface area contributed by atoms with Crippen molar-refractivity contribution >= 4 is 40.0 Å². The minimum absolute atomic E-state index is 0.0938. The third-order valence-corrected chi connectivity index (χ3v) is 5.18. The van der Waals surface area contributed by atoms with Gasteiger partial charge >= 0.3 is 5.97 Å². The second-order valence-corrected chi connectivity index (χ2v) is 7.92. The molecule has 0 spiro atoms. The maximum absolute atomic E-state index is 12.0. The van der Waals surface area contributed by atoms with Crippen LogP contribution in [0, 0.1) is 0 Å². The van der Waals surface area contributed by atoms with Crippen molar-refractivity contribution in [2.75, 3.05) is 17.7 Å². The summed E-state index contributed by atoms with van der Waals surface area (Å²) in [4.78, 5) is 46.0. The number of ketones is 1. The highest BCUT2D eigenvalue weighted by Gasteiger charge is 2.17. The van der Waals surface area contributed by atoms with Gasteiger partial charge in [0.15, 0.2) is 11.2 Å². The first-order valence-electron chi connectivity index (χ1n) is 11.4. The van der Waals surface area contributed by atoms with E-state index in [-0.39, 0.29) is 40.8 Å². The molecule has 1 aromatic heterocycles. The van der Waals surface area contributed by atoms with E-state index in [4.69, 9.17) is 14.9 Å². The standard InChI is InChI=1S/C15H15NO4.C13H15NO3/c1-3-5-9-11(16)7-6-10-12(17)8-13(20-14(9)10)15(18)19-4-2;1-4-5-11-12(14-9(3)16)7-6-10(8(2)15)13(11)17/h3,6-8H,1,4-5,16H2,2H3;4,6-7,17H,1,5H2,2-3H3,(H,14,16). The van der Waals surface area contributed by atoms with Crippen molar-refractivity contribution in [1.29, 1.82) is 0 Å². The molecular formula is C28H30N2O7. The van der Waals surface area contributed by atoms with Crippen molar-refractivity contribution in [3.05, 3.63) is 88.3 Å². The highest BCUT2D eigenvalue weighted by Crippen LogP contribution is 2.31. The molecule has 9 heteroatoms. The van der Waals surface area contributed by atoms with E-state index in [1.807, 2.05) is 0 Å². The van der Waals surface area contributed by atoms with Gasteiger partial charge in [-0.1, -0.05) is 12.2 Å². The van der Waals surface area contributed by atoms with Crippen LogP contribution >= 0.6 is 0 Å². The number of carbonyl (C=O) groups excluding carboxylic acids is 3. The van der Waals surface area contributed by atoms with E-state index in [0.717, 1.165) is 6.07 Å². The normalized spacial score (nSPS) is 10.1. The first-order chi connectivity index (χ1) is 17.5. The van der Waals surface area contributed by atoms with Gasteiger partial charge in [-0.15, -0.1) is 13.2 Å². The average Bonchev–Trinajstić information content (AvgIpc) is 2.83. The van der Waals surface area contributed by atoms with Crippen LogP contribution in [-0.2, 0) is 22.4 Å². The second-order valence-electron chi connectivity index (χ2n) is 7.92. The fourth-order valence-electron chi connectivity index (χ4n) is 3.53. The number of nitrogen functional groups attached to an aromatic ring is 1. The van der Waals surface area contributed by atoms with Gasteiger partial charge in [0.25, 0.3) is 0 Å². The van der Waals surface area contributed by atoms with Gasteiger partial charge < -0.3 is 25.3 Å². The molecule has 2 aromatic carbocycles. The first-order valence-corrected chi connectivity index (χ1v) is 11.4. The lowest BCUT2D eigenvalue weighted by molar-refractivity contribution is -0.114. The molecule has 3 rings (SSSR count). The number of ether oxygens (including phenoxy) is 1. The Hall–Kier alpha value is -4.66. The third-order valence-electron chi connectivity index (χ3n) is 5.18. The fraction of sp³-hybridized carbons (Fsp3) is 0.214. The van der Waals surface area contributed by atoms with Crippen LogP contribution in [0.2, 0.25) is 0 Å². The van der Waals surface area contributed by atoms with Crippen molar-refractivity contribution in [3.63, 3.8) is 0 Å². The van der Waals surface area contributed by atoms with Gasteiger partial charge in [0, 0.05) is 35.5 Å². The molecular weight excluding hydrogens is 476 g/mol. The number of fused-ring (bicyclic) bond motifs is 1. The molecule has 0 atom stereocenters. The quantitative estimate of drug-likeness (QED) is 0.174. The molecule has 0 unspecified atom stereocenters. The fourth-order valence-corrected chi connectivity index (χ4v) is 3.53. The zero-order valence-electron chi connectivity index (χ0n) is 21.1. The Balaban J connectivity index is 0.000000264. The molecule has 0 aliphatic carbocycles. The van der Waals surface area contributed by atoms with E-state index in [0.29, 0.717) is 46.3 Å². The minimum Gasteiger partial charge on any atom is -0.507 e. The number of carbonyl (C=O) groups is 3. The third kappa shape index (κ3) is 6.94. The zero-order valence-corrected chi connectivity index (χ0v) is 21.1. The molecule has 4 N–H and O–H groups in total. The maximum Gasteiger partial charge on any atom is 0.374 e. The summed E-state index contributed by atoms with van der Waals surface area (Å²) in [6.07, 6.45) is 4.08. The van der Waals surface area contributed by atoms with E-state index in [1.54, 1.807) is 37.3 Å². The predicted molar refractivity (Wildman–Crippen MR) is 143 cm³/mol. The van der Waals surface area contributed by atoms with E-state index in [1.165, 1.54) is 19.9 Å². The molecule has 0 aliphatic rings. The summed E-state index contributed by atoms with van der Waals surface area (Å²) in [6, 6.07) is 7.46. The summed E-state index contributed by atoms with van der Waals surface area (Å²) in [5.74, 6) is -1.34. The summed E-state index contributed by atoms with van der Waals surface area (Å²) in [5, 5.41) is 13.0. The molecule has 9 nitrogen and oxygen atoms in total. The molecule has 1 amide bonds. The summed E-state index contributed by atoms with van der Waals surface area (Å²) in [7, 11) is 0. The van der Waals surface area contributed by atoms with Crippen molar-refractivity contribution in [3.8, 4) is 5.75 Å². The smallest absolute Gasteiger partial charge is 0.374 e. The number of nitrogens with two attached hydrogens (primary N) is 1. The van der Waals surface area contributed by atoms with Gasteiger partial charge in [0.2, 0.25) is 11.7 Å². The topological polar surface area (TPSA) is 149 Å². The Bertz CT molecular complexity index is 1420.